The summed E-state index contributed by atoms with van der Waals surface area (Å²) in [6.07, 6.45) is 0. The van der Waals surface area contributed by atoms with E-state index in [-0.39, 0.29) is 5.41 Å². The fourth-order valence-corrected chi connectivity index (χ4v) is 9.77. The minimum atomic E-state index is -0.0696. The van der Waals surface area contributed by atoms with E-state index >= 15 is 0 Å². The van der Waals surface area contributed by atoms with E-state index in [0.29, 0.717) is 0 Å². The van der Waals surface area contributed by atoms with E-state index in [1.165, 1.54) is 87.7 Å². The first-order valence-corrected chi connectivity index (χ1v) is 18.9. The predicted octanol–water partition coefficient (Wildman–Crippen LogP) is 13.3. The maximum atomic E-state index is 2.46. The van der Waals surface area contributed by atoms with Crippen molar-refractivity contribution in [2.75, 3.05) is 0 Å². The largest absolute Gasteiger partial charge is 0.309 e. The van der Waals surface area contributed by atoms with Crippen LogP contribution in [0.1, 0.15) is 25.0 Å². The number of nitrogens with zero attached hydrogens (tertiary/aromatic N) is 3. The van der Waals surface area contributed by atoms with Crippen molar-refractivity contribution in [2.45, 2.75) is 19.3 Å². The van der Waals surface area contributed by atoms with Crippen LogP contribution in [0.4, 0.5) is 0 Å². The Labute approximate surface area is 312 Å². The van der Waals surface area contributed by atoms with Crippen molar-refractivity contribution < 1.29 is 0 Å². The molecule has 8 aromatic carbocycles. The Bertz CT molecular complexity index is 3290. The lowest BCUT2D eigenvalue weighted by atomic mass is 9.82. The topological polar surface area (TPSA) is 14.8 Å². The van der Waals surface area contributed by atoms with Gasteiger partial charge in [-0.2, -0.15) is 0 Å². The second-order valence-electron chi connectivity index (χ2n) is 15.4. The van der Waals surface area contributed by atoms with Crippen LogP contribution in [0.5, 0.6) is 0 Å². The Morgan fingerprint density at radius 3 is 1.26 bits per heavy atom. The first kappa shape index (κ1) is 29.7. The van der Waals surface area contributed by atoms with Crippen LogP contribution in [0.3, 0.4) is 0 Å². The number of para-hydroxylation sites is 4. The number of benzene rings is 8. The average Bonchev–Trinajstić information content (AvgIpc) is 3.91. The van der Waals surface area contributed by atoms with Crippen molar-refractivity contribution in [3.8, 4) is 28.2 Å². The van der Waals surface area contributed by atoms with Gasteiger partial charge in [0.1, 0.15) is 0 Å². The fraction of sp³-hybridized carbons (Fsp3) is 0.0588. The SMILES string of the molecule is CC1(C)c2ccccc2-c2cc3c4ccccc4n(-c4ccc(-n5c6ccccc6c6ccc(-n7c8ccccc8c8ccccc87)cc65)cc4)c3cc21. The molecule has 0 N–H and O–H groups in total. The fourth-order valence-electron chi connectivity index (χ4n) is 9.77. The molecule has 254 valence electrons. The van der Waals surface area contributed by atoms with Crippen LogP contribution in [0.25, 0.3) is 93.6 Å². The zero-order valence-electron chi connectivity index (χ0n) is 30.1. The molecular weight excluding hydrogens is 655 g/mol. The van der Waals surface area contributed by atoms with Gasteiger partial charge in [-0.3, -0.25) is 0 Å². The number of fused-ring (bicyclic) bond motifs is 12. The van der Waals surface area contributed by atoms with E-state index in [1.54, 1.807) is 0 Å². The molecule has 0 unspecified atom stereocenters. The molecule has 3 nitrogen and oxygen atoms in total. The Balaban J connectivity index is 1.06. The third-order valence-electron chi connectivity index (χ3n) is 12.2. The van der Waals surface area contributed by atoms with Gasteiger partial charge in [0.2, 0.25) is 0 Å². The lowest BCUT2D eigenvalue weighted by Crippen LogP contribution is -2.14. The summed E-state index contributed by atoms with van der Waals surface area (Å²) >= 11 is 0. The molecule has 0 spiro atoms. The summed E-state index contributed by atoms with van der Waals surface area (Å²) in [6.45, 7) is 4.73. The Kier molecular flexibility index (Phi) is 5.84. The van der Waals surface area contributed by atoms with Crippen LogP contribution in [0.15, 0.2) is 176 Å². The highest BCUT2D eigenvalue weighted by atomic mass is 15.0. The molecule has 11 aromatic rings. The molecule has 0 saturated heterocycles. The van der Waals surface area contributed by atoms with Crippen molar-refractivity contribution in [2.24, 2.45) is 0 Å². The van der Waals surface area contributed by atoms with Crippen LogP contribution in [-0.2, 0) is 5.41 Å². The number of hydrogen-bond donors (Lipinski definition) is 0. The third kappa shape index (κ3) is 3.85. The van der Waals surface area contributed by atoms with Crippen LogP contribution in [-0.4, -0.2) is 13.7 Å². The van der Waals surface area contributed by atoms with Crippen LogP contribution >= 0.6 is 0 Å². The van der Waals surface area contributed by atoms with E-state index in [2.05, 4.69) is 203 Å². The quantitative estimate of drug-likeness (QED) is 0.175. The summed E-state index contributed by atoms with van der Waals surface area (Å²) in [5.41, 5.74) is 16.2. The van der Waals surface area contributed by atoms with E-state index in [4.69, 9.17) is 0 Å². The highest BCUT2D eigenvalue weighted by Gasteiger charge is 2.36. The molecule has 0 fully saturated rings. The van der Waals surface area contributed by atoms with Crippen molar-refractivity contribution >= 4 is 65.4 Å². The molecule has 1 aliphatic carbocycles. The van der Waals surface area contributed by atoms with Gasteiger partial charge in [0.15, 0.2) is 0 Å². The summed E-state index contributed by atoms with van der Waals surface area (Å²) < 4.78 is 7.30. The van der Waals surface area contributed by atoms with Crippen LogP contribution in [0, 0.1) is 0 Å². The van der Waals surface area contributed by atoms with Gasteiger partial charge in [-0.1, -0.05) is 117 Å². The maximum absolute atomic E-state index is 2.46. The highest BCUT2D eigenvalue weighted by molar-refractivity contribution is 6.13. The van der Waals surface area contributed by atoms with E-state index in [9.17, 15) is 0 Å². The van der Waals surface area contributed by atoms with Gasteiger partial charge in [0, 0.05) is 54.8 Å². The predicted molar refractivity (Wildman–Crippen MR) is 227 cm³/mol. The molecular formula is C51H35N3. The molecule has 0 bridgehead atoms. The molecule has 1 aliphatic rings. The molecule has 0 amide bonds. The second kappa shape index (κ2) is 10.6. The minimum Gasteiger partial charge on any atom is -0.309 e. The Morgan fingerprint density at radius 2 is 0.704 bits per heavy atom. The molecule has 0 aliphatic heterocycles. The minimum absolute atomic E-state index is 0.0696. The summed E-state index contributed by atoms with van der Waals surface area (Å²) in [4.78, 5) is 0. The first-order valence-electron chi connectivity index (χ1n) is 18.9. The van der Waals surface area contributed by atoms with E-state index < -0.39 is 0 Å². The monoisotopic (exact) mass is 689 g/mol. The number of rotatable bonds is 3. The lowest BCUT2D eigenvalue weighted by Gasteiger charge is -2.21. The first-order chi connectivity index (χ1) is 26.6. The zero-order chi connectivity index (χ0) is 35.7. The molecule has 0 atom stereocenters. The smallest absolute Gasteiger partial charge is 0.0561 e. The molecule has 54 heavy (non-hydrogen) atoms. The summed E-state index contributed by atoms with van der Waals surface area (Å²) in [5.74, 6) is 0. The zero-order valence-corrected chi connectivity index (χ0v) is 30.1. The van der Waals surface area contributed by atoms with Crippen molar-refractivity contribution in [3.63, 3.8) is 0 Å². The van der Waals surface area contributed by atoms with E-state index in [0.717, 1.165) is 17.1 Å². The van der Waals surface area contributed by atoms with Gasteiger partial charge in [0.25, 0.3) is 0 Å². The summed E-state index contributed by atoms with van der Waals surface area (Å²) in [6, 6.07) is 65.1. The van der Waals surface area contributed by atoms with E-state index in [1.807, 2.05) is 0 Å². The standard InChI is InChI=1S/C51H35N3/c1-51(2)43-18-8-3-13-35(43)41-30-42-39-17-7-12-22-48(39)53(50(42)31-44(41)51)33-25-23-32(24-26-33)52-45-19-9-6-16-38(45)40-28-27-34(29-49(40)52)54-46-20-10-4-14-36(46)37-15-5-11-21-47(37)54/h3-31H,1-2H3. The average molecular weight is 690 g/mol. The molecule has 3 heterocycles. The molecule has 3 aromatic heterocycles. The maximum Gasteiger partial charge on any atom is 0.0561 e. The summed E-state index contributed by atoms with van der Waals surface area (Å²) in [5, 5.41) is 7.62. The van der Waals surface area contributed by atoms with Crippen LogP contribution in [0.2, 0.25) is 0 Å². The number of aromatic nitrogens is 3. The van der Waals surface area contributed by atoms with Crippen molar-refractivity contribution in [3.05, 3.63) is 187 Å². The van der Waals surface area contributed by atoms with Crippen LogP contribution < -0.4 is 0 Å². The molecule has 3 heteroatoms. The van der Waals surface area contributed by atoms with Gasteiger partial charge < -0.3 is 13.7 Å². The van der Waals surface area contributed by atoms with Gasteiger partial charge >= 0.3 is 0 Å². The molecule has 0 saturated carbocycles. The van der Waals surface area contributed by atoms with Crippen molar-refractivity contribution in [1.82, 2.24) is 13.7 Å². The number of hydrogen-bond acceptors (Lipinski definition) is 0. The van der Waals surface area contributed by atoms with Gasteiger partial charge in [-0.25, -0.2) is 0 Å². The van der Waals surface area contributed by atoms with Gasteiger partial charge in [-0.05, 0) is 95.1 Å². The lowest BCUT2D eigenvalue weighted by molar-refractivity contribution is 0.661. The molecule has 0 radical (unpaired) electrons. The normalized spacial score (nSPS) is 13.5. The highest BCUT2D eigenvalue weighted by Crippen LogP contribution is 2.51. The summed E-state index contributed by atoms with van der Waals surface area (Å²) in [7, 11) is 0. The second-order valence-corrected chi connectivity index (χ2v) is 15.4. The van der Waals surface area contributed by atoms with Gasteiger partial charge in [-0.15, -0.1) is 0 Å². The van der Waals surface area contributed by atoms with Crippen molar-refractivity contribution in [1.29, 1.82) is 0 Å². The molecule has 12 rings (SSSR count). The third-order valence-corrected chi connectivity index (χ3v) is 12.2. The van der Waals surface area contributed by atoms with Gasteiger partial charge in [0.05, 0.1) is 33.1 Å². The Hall–Kier alpha value is -6.84. The Morgan fingerprint density at radius 1 is 0.296 bits per heavy atom.